The molecule has 0 amide bonds. The average Bonchev–Trinajstić information content (AvgIpc) is 2.81. The summed E-state index contributed by atoms with van der Waals surface area (Å²) in [5.74, 6) is 13.3. The first-order valence-electron chi connectivity index (χ1n) is 9.17. The fourth-order valence-electron chi connectivity index (χ4n) is 2.69. The van der Waals surface area contributed by atoms with E-state index in [0.29, 0.717) is 11.3 Å². The van der Waals surface area contributed by atoms with Crippen molar-refractivity contribution in [1.82, 2.24) is 0 Å². The molecule has 3 aromatic carbocycles. The van der Waals surface area contributed by atoms with E-state index >= 15 is 0 Å². The summed E-state index contributed by atoms with van der Waals surface area (Å²) in [5.41, 5.74) is 3.71. The molecule has 0 spiro atoms. The predicted octanol–water partition coefficient (Wildman–Crippen LogP) is 4.29. The molecule has 0 atom stereocenters. The SMILES string of the molecule is COC(=O)c1ccc(C#Cc2cccc(C#Cc3ccc(OC)cc3)c2)cc1OC. The summed E-state index contributed by atoms with van der Waals surface area (Å²) in [6.07, 6.45) is 0. The van der Waals surface area contributed by atoms with Gasteiger partial charge in [0, 0.05) is 22.3 Å². The number of hydrogen-bond donors (Lipinski definition) is 0. The summed E-state index contributed by atoms with van der Waals surface area (Å²) in [6, 6.07) is 20.4. The molecule has 0 N–H and O–H groups in total. The maximum atomic E-state index is 11.8. The van der Waals surface area contributed by atoms with Crippen molar-refractivity contribution in [2.24, 2.45) is 0 Å². The minimum Gasteiger partial charge on any atom is -0.497 e. The fourth-order valence-corrected chi connectivity index (χ4v) is 2.69. The number of ether oxygens (including phenoxy) is 3. The van der Waals surface area contributed by atoms with Crippen molar-refractivity contribution in [2.75, 3.05) is 21.3 Å². The van der Waals surface area contributed by atoms with Crippen LogP contribution in [-0.2, 0) is 4.74 Å². The fraction of sp³-hybridized carbons (Fsp3) is 0.115. The highest BCUT2D eigenvalue weighted by atomic mass is 16.5. The standard InChI is InChI=1S/C26H20O4/c1-28-23-14-11-19(12-15-23)7-8-20-5-4-6-21(17-20)9-10-22-13-16-24(26(27)30-3)25(18-22)29-2/h4-6,11-18H,1-3H3. The van der Waals surface area contributed by atoms with Crippen molar-refractivity contribution in [1.29, 1.82) is 0 Å². The van der Waals surface area contributed by atoms with E-state index in [-0.39, 0.29) is 0 Å². The van der Waals surface area contributed by atoms with Crippen molar-refractivity contribution < 1.29 is 19.0 Å². The van der Waals surface area contributed by atoms with Crippen LogP contribution in [0.5, 0.6) is 11.5 Å². The van der Waals surface area contributed by atoms with Crippen LogP contribution in [0.15, 0.2) is 66.7 Å². The number of rotatable bonds is 3. The first kappa shape index (κ1) is 20.6. The van der Waals surface area contributed by atoms with Crippen LogP contribution in [0.2, 0.25) is 0 Å². The molecule has 0 saturated carbocycles. The molecule has 148 valence electrons. The predicted molar refractivity (Wildman–Crippen MR) is 116 cm³/mol. The average molecular weight is 396 g/mol. The lowest BCUT2D eigenvalue weighted by Crippen LogP contribution is -2.04. The molecule has 4 heteroatoms. The highest BCUT2D eigenvalue weighted by Gasteiger charge is 2.12. The number of methoxy groups -OCH3 is 3. The van der Waals surface area contributed by atoms with E-state index in [1.807, 2.05) is 48.5 Å². The van der Waals surface area contributed by atoms with Crippen LogP contribution < -0.4 is 9.47 Å². The van der Waals surface area contributed by atoms with Gasteiger partial charge in [0.1, 0.15) is 17.1 Å². The van der Waals surface area contributed by atoms with Gasteiger partial charge in [-0.3, -0.25) is 0 Å². The molecule has 0 heterocycles. The van der Waals surface area contributed by atoms with Crippen LogP contribution in [0.1, 0.15) is 32.6 Å². The number of hydrogen-bond acceptors (Lipinski definition) is 4. The Labute approximate surface area is 176 Å². The lowest BCUT2D eigenvalue weighted by molar-refractivity contribution is 0.0597. The molecule has 3 aromatic rings. The number of carbonyl (C=O) groups excluding carboxylic acids is 1. The normalized spacial score (nSPS) is 9.43. The van der Waals surface area contributed by atoms with Gasteiger partial charge in [0.15, 0.2) is 0 Å². The summed E-state index contributed by atoms with van der Waals surface area (Å²) in [6.45, 7) is 0. The van der Waals surface area contributed by atoms with E-state index in [2.05, 4.69) is 23.7 Å². The Hall–Kier alpha value is -4.15. The van der Waals surface area contributed by atoms with Gasteiger partial charge >= 0.3 is 5.97 Å². The van der Waals surface area contributed by atoms with Crippen LogP contribution in [0.25, 0.3) is 0 Å². The lowest BCUT2D eigenvalue weighted by Gasteiger charge is -2.06. The monoisotopic (exact) mass is 396 g/mol. The molecule has 0 saturated heterocycles. The van der Waals surface area contributed by atoms with Crippen molar-refractivity contribution in [3.8, 4) is 35.2 Å². The second kappa shape index (κ2) is 9.87. The van der Waals surface area contributed by atoms with Crippen molar-refractivity contribution >= 4 is 5.97 Å². The zero-order valence-corrected chi connectivity index (χ0v) is 17.0. The van der Waals surface area contributed by atoms with E-state index in [1.54, 1.807) is 25.3 Å². The summed E-state index contributed by atoms with van der Waals surface area (Å²) in [5, 5.41) is 0. The largest absolute Gasteiger partial charge is 0.497 e. The van der Waals surface area contributed by atoms with Gasteiger partial charge in [0.2, 0.25) is 0 Å². The van der Waals surface area contributed by atoms with Crippen LogP contribution >= 0.6 is 0 Å². The second-order valence-corrected chi connectivity index (χ2v) is 6.22. The van der Waals surface area contributed by atoms with Crippen molar-refractivity contribution in [2.45, 2.75) is 0 Å². The van der Waals surface area contributed by atoms with Crippen molar-refractivity contribution in [3.05, 3.63) is 94.5 Å². The highest BCUT2D eigenvalue weighted by Crippen LogP contribution is 2.20. The Morgan fingerprint density at radius 3 is 1.80 bits per heavy atom. The van der Waals surface area contributed by atoms with Crippen LogP contribution in [0, 0.1) is 23.7 Å². The maximum Gasteiger partial charge on any atom is 0.341 e. The summed E-state index contributed by atoms with van der Waals surface area (Å²) in [7, 11) is 4.47. The topological polar surface area (TPSA) is 44.8 Å². The maximum absolute atomic E-state index is 11.8. The molecular formula is C26H20O4. The minimum atomic E-state index is -0.450. The lowest BCUT2D eigenvalue weighted by atomic mass is 10.1. The third kappa shape index (κ3) is 5.22. The zero-order valence-electron chi connectivity index (χ0n) is 17.0. The van der Waals surface area contributed by atoms with Gasteiger partial charge in [0.25, 0.3) is 0 Å². The van der Waals surface area contributed by atoms with Gasteiger partial charge in [-0.2, -0.15) is 0 Å². The highest BCUT2D eigenvalue weighted by molar-refractivity contribution is 5.92. The van der Waals surface area contributed by atoms with Gasteiger partial charge in [-0.05, 0) is 60.7 Å². The first-order chi connectivity index (χ1) is 14.6. The molecule has 0 aliphatic rings. The molecular weight excluding hydrogens is 376 g/mol. The number of carbonyl (C=O) groups is 1. The van der Waals surface area contributed by atoms with Gasteiger partial charge in [-0.25, -0.2) is 4.79 Å². The third-order valence-electron chi connectivity index (χ3n) is 4.26. The quantitative estimate of drug-likeness (QED) is 0.489. The Morgan fingerprint density at radius 1 is 0.667 bits per heavy atom. The Balaban J connectivity index is 1.80. The number of esters is 1. The Bertz CT molecular complexity index is 1170. The third-order valence-corrected chi connectivity index (χ3v) is 4.26. The van der Waals surface area contributed by atoms with E-state index in [0.717, 1.165) is 28.0 Å². The molecule has 0 bridgehead atoms. The molecule has 4 nitrogen and oxygen atoms in total. The molecule has 30 heavy (non-hydrogen) atoms. The van der Waals surface area contributed by atoms with Crippen molar-refractivity contribution in [3.63, 3.8) is 0 Å². The van der Waals surface area contributed by atoms with Crippen LogP contribution in [-0.4, -0.2) is 27.3 Å². The van der Waals surface area contributed by atoms with Gasteiger partial charge in [-0.1, -0.05) is 29.7 Å². The second-order valence-electron chi connectivity index (χ2n) is 6.22. The summed E-state index contributed by atoms with van der Waals surface area (Å²) >= 11 is 0. The molecule has 0 aromatic heterocycles. The van der Waals surface area contributed by atoms with E-state index in [4.69, 9.17) is 14.2 Å². The summed E-state index contributed by atoms with van der Waals surface area (Å²) < 4.78 is 15.2. The van der Waals surface area contributed by atoms with Crippen LogP contribution in [0.4, 0.5) is 0 Å². The molecule has 0 fully saturated rings. The molecule has 3 rings (SSSR count). The van der Waals surface area contributed by atoms with Crippen LogP contribution in [0.3, 0.4) is 0 Å². The van der Waals surface area contributed by atoms with Gasteiger partial charge in [-0.15, -0.1) is 0 Å². The molecule has 0 unspecified atom stereocenters. The summed E-state index contributed by atoms with van der Waals surface area (Å²) in [4.78, 5) is 11.8. The molecule has 0 aliphatic carbocycles. The zero-order chi connectivity index (χ0) is 21.3. The van der Waals surface area contributed by atoms with Gasteiger partial charge in [0.05, 0.1) is 21.3 Å². The number of benzene rings is 3. The van der Waals surface area contributed by atoms with Gasteiger partial charge < -0.3 is 14.2 Å². The Morgan fingerprint density at radius 2 is 1.23 bits per heavy atom. The Kier molecular flexibility index (Phi) is 6.77. The van der Waals surface area contributed by atoms with E-state index in [1.165, 1.54) is 14.2 Å². The first-order valence-corrected chi connectivity index (χ1v) is 9.17. The smallest absolute Gasteiger partial charge is 0.341 e. The molecule has 0 radical (unpaired) electrons. The molecule has 0 aliphatic heterocycles. The minimum absolute atomic E-state index is 0.362. The van der Waals surface area contributed by atoms with E-state index < -0.39 is 5.97 Å². The van der Waals surface area contributed by atoms with E-state index in [9.17, 15) is 4.79 Å².